The van der Waals surface area contributed by atoms with Gasteiger partial charge in [-0.25, -0.2) is 4.98 Å². The van der Waals surface area contributed by atoms with Crippen LogP contribution < -0.4 is 10.6 Å². The number of hydrogen-bond acceptors (Lipinski definition) is 3. The molecule has 2 aliphatic rings. The first-order chi connectivity index (χ1) is 14.1. The van der Waals surface area contributed by atoms with Crippen molar-refractivity contribution in [3.63, 3.8) is 0 Å². The number of piperidine rings is 1. The summed E-state index contributed by atoms with van der Waals surface area (Å²) in [5, 5.41) is 5.89. The topological polar surface area (TPSA) is 94.7 Å². The van der Waals surface area contributed by atoms with Crippen molar-refractivity contribution in [3.05, 3.63) is 52.6 Å². The third-order valence-corrected chi connectivity index (χ3v) is 6.32. The monoisotopic (exact) mass is 416 g/mol. The van der Waals surface area contributed by atoms with Gasteiger partial charge >= 0.3 is 0 Å². The number of nitrogens with two attached hydrogens (primary N) is 1. The molecule has 2 amide bonds. The van der Waals surface area contributed by atoms with E-state index in [0.717, 1.165) is 44.5 Å². The molecule has 0 radical (unpaired) electrons. The normalized spacial score (nSPS) is 17.8. The van der Waals surface area contributed by atoms with E-state index in [0.29, 0.717) is 24.4 Å². The maximum absolute atomic E-state index is 12.6. The third-order valence-electron chi connectivity index (χ3n) is 6.07. The zero-order valence-corrected chi connectivity index (χ0v) is 17.2. The molecule has 0 saturated carbocycles. The van der Waals surface area contributed by atoms with Crippen LogP contribution in [0.15, 0.2) is 30.6 Å². The lowest BCUT2D eigenvalue weighted by Gasteiger charge is -2.41. The van der Waals surface area contributed by atoms with Gasteiger partial charge in [-0.1, -0.05) is 23.7 Å². The van der Waals surface area contributed by atoms with Crippen molar-refractivity contribution in [3.8, 4) is 0 Å². The van der Waals surface area contributed by atoms with Gasteiger partial charge in [0.25, 0.3) is 0 Å². The molecule has 1 aromatic heterocycles. The van der Waals surface area contributed by atoms with Crippen molar-refractivity contribution in [2.75, 3.05) is 26.2 Å². The van der Waals surface area contributed by atoms with Crippen molar-refractivity contribution in [2.45, 2.75) is 37.6 Å². The fourth-order valence-electron chi connectivity index (χ4n) is 4.44. The largest absolute Gasteiger partial charge is 0.355 e. The van der Waals surface area contributed by atoms with E-state index in [4.69, 9.17) is 11.6 Å². The summed E-state index contributed by atoms with van der Waals surface area (Å²) in [6.45, 7) is 2.89. The summed E-state index contributed by atoms with van der Waals surface area (Å²) in [7, 11) is 0. The number of imidazole rings is 1. The van der Waals surface area contributed by atoms with E-state index in [9.17, 15) is 9.59 Å². The van der Waals surface area contributed by atoms with Crippen LogP contribution >= 0.6 is 11.6 Å². The number of nitrogens with zero attached hydrogens (tertiary/aromatic N) is 2. The standard InChI is InChI=1S/C21H26ClN5O2/c22-16-3-1-15(2-4-16)13-18(28)23-9-6-19(29)27-11-7-21(8-12-27)20-17(5-10-26-21)24-14-25-20/h1-4,14,26H,5-13H2,(H,23,28)(H,24,25)/p+1. The highest BCUT2D eigenvalue weighted by molar-refractivity contribution is 6.30. The number of aromatic nitrogens is 2. The van der Waals surface area contributed by atoms with E-state index >= 15 is 0 Å². The molecule has 0 atom stereocenters. The second-order valence-electron chi connectivity index (χ2n) is 7.91. The number of carbonyl (C=O) groups excluding carboxylic acids is 2. The Kier molecular flexibility index (Phi) is 5.87. The minimum atomic E-state index is -0.0828. The van der Waals surface area contributed by atoms with Crippen LogP contribution in [-0.2, 0) is 28.0 Å². The highest BCUT2D eigenvalue weighted by Crippen LogP contribution is 2.31. The molecule has 4 rings (SSSR count). The maximum Gasteiger partial charge on any atom is 0.224 e. The first-order valence-corrected chi connectivity index (χ1v) is 10.6. The van der Waals surface area contributed by atoms with Crippen LogP contribution in [0.25, 0.3) is 0 Å². The molecule has 8 heteroatoms. The summed E-state index contributed by atoms with van der Waals surface area (Å²) in [5.74, 6) is 0.0188. The number of fused-ring (bicyclic) bond motifs is 2. The highest BCUT2D eigenvalue weighted by Gasteiger charge is 2.45. The number of H-pyrrole nitrogens is 1. The fraction of sp³-hybridized carbons (Fsp3) is 0.476. The van der Waals surface area contributed by atoms with Crippen LogP contribution in [0, 0.1) is 0 Å². The van der Waals surface area contributed by atoms with Crippen LogP contribution in [-0.4, -0.2) is 52.9 Å². The number of carbonyl (C=O) groups is 2. The van der Waals surface area contributed by atoms with Gasteiger partial charge in [0.15, 0.2) is 0 Å². The minimum Gasteiger partial charge on any atom is -0.355 e. The second kappa shape index (κ2) is 8.55. The Bertz CT molecular complexity index is 871. The van der Waals surface area contributed by atoms with E-state index in [1.807, 2.05) is 17.0 Å². The SMILES string of the molecule is O=C(Cc1ccc(Cl)cc1)NCCC(=O)N1CCC2(CC1)[NH2+]CCc1[nH]cnc12. The van der Waals surface area contributed by atoms with E-state index < -0.39 is 0 Å². The Morgan fingerprint density at radius 1 is 1.24 bits per heavy atom. The summed E-state index contributed by atoms with van der Waals surface area (Å²) in [4.78, 5) is 34.4. The van der Waals surface area contributed by atoms with Gasteiger partial charge in [0, 0.05) is 56.0 Å². The first-order valence-electron chi connectivity index (χ1n) is 10.2. The van der Waals surface area contributed by atoms with E-state index in [-0.39, 0.29) is 17.4 Å². The van der Waals surface area contributed by atoms with Gasteiger partial charge in [-0.15, -0.1) is 0 Å². The van der Waals surface area contributed by atoms with Crippen LogP contribution in [0.4, 0.5) is 0 Å². The van der Waals surface area contributed by atoms with Crippen molar-refractivity contribution < 1.29 is 14.9 Å². The van der Waals surface area contributed by atoms with Crippen molar-refractivity contribution in [1.82, 2.24) is 20.2 Å². The summed E-state index contributed by atoms with van der Waals surface area (Å²) in [6, 6.07) is 7.21. The average molecular weight is 417 g/mol. The first kappa shape index (κ1) is 19.9. The molecule has 2 aliphatic heterocycles. The molecule has 1 saturated heterocycles. The Morgan fingerprint density at radius 3 is 2.76 bits per heavy atom. The van der Waals surface area contributed by atoms with Crippen LogP contribution in [0.2, 0.25) is 5.02 Å². The van der Waals surface area contributed by atoms with Gasteiger partial charge in [0.2, 0.25) is 11.8 Å². The molecule has 29 heavy (non-hydrogen) atoms. The minimum absolute atomic E-state index is 0.0111. The zero-order valence-electron chi connectivity index (χ0n) is 16.4. The number of halogens is 1. The van der Waals surface area contributed by atoms with Crippen LogP contribution in [0.1, 0.15) is 36.2 Å². The molecule has 154 valence electrons. The Balaban J connectivity index is 1.22. The summed E-state index contributed by atoms with van der Waals surface area (Å²) >= 11 is 5.86. The summed E-state index contributed by atoms with van der Waals surface area (Å²) < 4.78 is 0. The number of amides is 2. The number of quaternary nitrogens is 1. The number of benzene rings is 1. The lowest BCUT2D eigenvalue weighted by atomic mass is 9.80. The van der Waals surface area contributed by atoms with Crippen molar-refractivity contribution in [2.24, 2.45) is 0 Å². The highest BCUT2D eigenvalue weighted by atomic mass is 35.5. The number of hydrogen-bond donors (Lipinski definition) is 3. The number of nitrogens with one attached hydrogen (secondary N) is 2. The molecule has 2 aromatic rings. The Labute approximate surface area is 175 Å². The molecule has 1 spiro atoms. The molecule has 0 unspecified atom stereocenters. The Hall–Kier alpha value is -2.38. The second-order valence-corrected chi connectivity index (χ2v) is 8.35. The van der Waals surface area contributed by atoms with Gasteiger partial charge < -0.3 is 20.5 Å². The fourth-order valence-corrected chi connectivity index (χ4v) is 4.57. The predicted octanol–water partition coefficient (Wildman–Crippen LogP) is 0.749. The predicted molar refractivity (Wildman–Crippen MR) is 109 cm³/mol. The molecule has 0 bridgehead atoms. The molecule has 7 nitrogen and oxygen atoms in total. The smallest absolute Gasteiger partial charge is 0.224 e. The van der Waals surface area contributed by atoms with Gasteiger partial charge in [-0.05, 0) is 17.7 Å². The van der Waals surface area contributed by atoms with E-state index in [2.05, 4.69) is 20.6 Å². The van der Waals surface area contributed by atoms with E-state index in [1.54, 1.807) is 18.5 Å². The van der Waals surface area contributed by atoms with Gasteiger partial charge in [-0.3, -0.25) is 9.59 Å². The molecule has 4 N–H and O–H groups in total. The average Bonchev–Trinajstić information content (AvgIpc) is 3.21. The molecule has 1 aromatic carbocycles. The number of rotatable bonds is 5. The van der Waals surface area contributed by atoms with Crippen molar-refractivity contribution in [1.29, 1.82) is 0 Å². The van der Waals surface area contributed by atoms with Crippen molar-refractivity contribution >= 4 is 23.4 Å². The number of aromatic amines is 1. The number of likely N-dealkylation sites (tertiary alicyclic amines) is 1. The van der Waals surface area contributed by atoms with Gasteiger partial charge in [-0.2, -0.15) is 0 Å². The van der Waals surface area contributed by atoms with Gasteiger partial charge in [0.1, 0.15) is 11.2 Å². The lowest BCUT2D eigenvalue weighted by molar-refractivity contribution is -0.743. The molecular weight excluding hydrogens is 390 g/mol. The summed E-state index contributed by atoms with van der Waals surface area (Å²) in [6.07, 6.45) is 5.26. The molecule has 1 fully saturated rings. The van der Waals surface area contributed by atoms with Gasteiger partial charge in [0.05, 0.1) is 19.3 Å². The quantitative estimate of drug-likeness (QED) is 0.671. The van der Waals surface area contributed by atoms with E-state index in [1.165, 1.54) is 11.4 Å². The molecule has 3 heterocycles. The maximum atomic E-state index is 12.6. The Morgan fingerprint density at radius 2 is 2.00 bits per heavy atom. The van der Waals surface area contributed by atoms with Crippen LogP contribution in [0.3, 0.4) is 0 Å². The zero-order chi connectivity index (χ0) is 20.3. The third kappa shape index (κ3) is 4.46. The van der Waals surface area contributed by atoms with Crippen LogP contribution in [0.5, 0.6) is 0 Å². The lowest BCUT2D eigenvalue weighted by Crippen LogP contribution is -2.97. The molecule has 0 aliphatic carbocycles. The summed E-state index contributed by atoms with van der Waals surface area (Å²) in [5.41, 5.74) is 3.33. The molecular formula is C21H27ClN5O2+.